The van der Waals surface area contributed by atoms with E-state index in [1.54, 1.807) is 112 Å². The molecule has 22 nitrogen and oxygen atoms in total. The summed E-state index contributed by atoms with van der Waals surface area (Å²) < 4.78 is 60.9. The first-order valence-electron chi connectivity index (χ1n) is 28.6. The van der Waals surface area contributed by atoms with Crippen molar-refractivity contribution in [1.82, 2.24) is 64.0 Å². The quantitative estimate of drug-likeness (QED) is 0.0281. The lowest BCUT2D eigenvalue weighted by molar-refractivity contribution is 0.101. The Hall–Kier alpha value is -8.73. The Balaban J connectivity index is 0.000000157. The van der Waals surface area contributed by atoms with Crippen molar-refractivity contribution >= 4 is 205 Å². The van der Waals surface area contributed by atoms with Crippen LogP contribution in [0.4, 0.5) is 27.6 Å². The van der Waals surface area contributed by atoms with E-state index in [4.69, 9.17) is 20.1 Å². The van der Waals surface area contributed by atoms with E-state index in [9.17, 15) is 27.2 Å². The molecule has 13 aromatic rings. The number of carbonyl (C=O) groups excluding carboxylic acids is 2. The van der Waals surface area contributed by atoms with Crippen LogP contribution in [0.15, 0.2) is 196 Å². The lowest BCUT2D eigenvalue weighted by atomic mass is 9.86. The van der Waals surface area contributed by atoms with Crippen LogP contribution in [0, 0.1) is 23.3 Å². The predicted octanol–water partition coefficient (Wildman–Crippen LogP) is 14.4. The molecule has 0 saturated heterocycles. The maximum Gasteiger partial charge on any atom is 0.508 e. The second-order valence-electron chi connectivity index (χ2n) is 18.9. The highest BCUT2D eigenvalue weighted by molar-refractivity contribution is 9.12. The van der Waals surface area contributed by atoms with Gasteiger partial charge in [0.1, 0.15) is 82.2 Å². The molecule has 11 aromatic heterocycles. The number of carbonyl (C=O) groups is 2. The molecule has 2 aromatic carbocycles. The minimum Gasteiger partial charge on any atom is -0.422 e. The third-order valence-electron chi connectivity index (χ3n) is 12.4. The number of amides is 2. The zero-order chi connectivity index (χ0) is 72.4. The summed E-state index contributed by atoms with van der Waals surface area (Å²) in [7, 11) is -3.13. The highest BCUT2D eigenvalue weighted by Gasteiger charge is 2.23. The Morgan fingerprint density at radius 2 is 0.941 bits per heavy atom. The maximum atomic E-state index is 13.8. The number of thiazole rings is 5. The number of halogens is 7. The predicted molar refractivity (Wildman–Crippen MR) is 413 cm³/mol. The molecule has 0 spiro atoms. The molecule has 38 heteroatoms. The van der Waals surface area contributed by atoms with Crippen LogP contribution in [0.5, 0.6) is 0 Å². The van der Waals surface area contributed by atoms with Gasteiger partial charge in [-0.2, -0.15) is 20.4 Å². The largest absolute Gasteiger partial charge is 0.508 e. The summed E-state index contributed by atoms with van der Waals surface area (Å²) in [5, 5.41) is 74.9. The third-order valence-corrected chi connectivity index (χ3v) is 20.8. The van der Waals surface area contributed by atoms with Gasteiger partial charge in [-0.3, -0.25) is 14.6 Å². The van der Waals surface area contributed by atoms with E-state index in [2.05, 4.69) is 135 Å². The topological polar surface area (TPSA) is 287 Å². The molecule has 1 aliphatic rings. The van der Waals surface area contributed by atoms with Crippen molar-refractivity contribution in [1.29, 1.82) is 0 Å². The molecular weight excluding hydrogens is 1640 g/mol. The Morgan fingerprint density at radius 1 is 0.525 bits per heavy atom. The van der Waals surface area contributed by atoms with Crippen molar-refractivity contribution in [3.05, 3.63) is 231 Å². The highest BCUT2D eigenvalue weighted by Crippen LogP contribution is 2.35. The number of anilines is 2. The number of nitrogens with one attached hydrogen (secondary N) is 2. The van der Waals surface area contributed by atoms with Gasteiger partial charge < -0.3 is 30.7 Å². The Morgan fingerprint density at radius 3 is 1.30 bits per heavy atom. The fourth-order valence-electron chi connectivity index (χ4n) is 8.04. The molecule has 516 valence electrons. The number of nitrogens with zero attached hydrogens (tertiary/aromatic N) is 14. The van der Waals surface area contributed by atoms with Crippen LogP contribution in [0.2, 0.25) is 0 Å². The number of aromatic nitrogens is 13. The number of hydrogen-bond acceptors (Lipinski definition) is 23. The number of thiophene rings is 2. The first-order valence-corrected chi connectivity index (χ1v) is 37.7. The summed E-state index contributed by atoms with van der Waals surface area (Å²) in [4.78, 5) is 49.6. The second-order valence-corrected chi connectivity index (χ2v) is 28.5. The van der Waals surface area contributed by atoms with Gasteiger partial charge in [0, 0.05) is 99.5 Å². The zero-order valence-electron chi connectivity index (χ0n) is 51.9. The lowest BCUT2D eigenvalue weighted by Crippen LogP contribution is -2.34. The van der Waals surface area contributed by atoms with E-state index < -0.39 is 60.4 Å². The van der Waals surface area contributed by atoms with Crippen molar-refractivity contribution in [3.8, 4) is 53.4 Å². The standard InChI is InChI=1S/C19H12F2N4OS2.C11H6BrF2NOS.2C8H8BN3O2S.C8H7N3S.C7H6N2S.C2H4Br2/c1-2-25-14(10-13(24-25)19-22-8-9-27-19)15-6-7-16(28-15)23-18(26)17-11(20)4-3-5-12(17)21;12-8-4-5-9(17-8)15-11(16)10-6(13)2-1-3-7(10)14;2*1-2-12-7(9(13)14)5-6(11-12)8-10-3-4-15-8;1-2-11-5-3-7(10-11)8-9-4-6-12-8;1-2-6(8-3-1)7-9-4-5-10-7;3-1-2-4/h2-10H,1H2,(H,23,26);1-5H,(H,15,16);2*2-5,13-14H,1H2;2-6H,1H2;1-2,4-5H,3H2;1-2H2. The minimum atomic E-state index is -1.57. The smallest absolute Gasteiger partial charge is 0.422 e. The van der Waals surface area contributed by atoms with Crippen molar-refractivity contribution in [2.24, 2.45) is 4.99 Å². The summed E-state index contributed by atoms with van der Waals surface area (Å²) in [5.74, 6) is -5.21. The number of hydrogen-bond donors (Lipinski definition) is 6. The first-order chi connectivity index (χ1) is 48.9. The van der Waals surface area contributed by atoms with E-state index in [1.807, 2.05) is 57.4 Å². The maximum absolute atomic E-state index is 13.8. The van der Waals surface area contributed by atoms with Gasteiger partial charge in [-0.1, -0.05) is 76.4 Å². The lowest BCUT2D eigenvalue weighted by Gasteiger charge is -2.05. The van der Waals surface area contributed by atoms with Crippen LogP contribution in [-0.4, -0.2) is 133 Å². The molecule has 2 amide bonds. The summed E-state index contributed by atoms with van der Waals surface area (Å²) in [5.41, 5.74) is 3.96. The fourth-order valence-corrected chi connectivity index (χ4v) is 13.2. The van der Waals surface area contributed by atoms with Gasteiger partial charge in [0.25, 0.3) is 11.8 Å². The Bertz CT molecular complexity index is 4740. The van der Waals surface area contributed by atoms with Gasteiger partial charge in [0.15, 0.2) is 0 Å². The summed E-state index contributed by atoms with van der Waals surface area (Å²) in [6.45, 7) is 15.2. The molecule has 0 fully saturated rings. The Labute approximate surface area is 627 Å². The number of rotatable bonds is 17. The van der Waals surface area contributed by atoms with Crippen LogP contribution >= 0.6 is 127 Å². The van der Waals surface area contributed by atoms with Crippen molar-refractivity contribution < 1.29 is 47.2 Å². The van der Waals surface area contributed by atoms with Gasteiger partial charge in [0.05, 0.1) is 47.8 Å². The molecule has 0 radical (unpaired) electrons. The van der Waals surface area contributed by atoms with Crippen molar-refractivity contribution in [3.63, 3.8) is 0 Å². The molecule has 0 atom stereocenters. The van der Waals surface area contributed by atoms with E-state index in [1.165, 1.54) is 90.6 Å². The molecule has 1 aliphatic heterocycles. The average Bonchev–Trinajstić information content (AvgIpc) is 1.64. The number of alkyl halides is 2. The molecule has 0 saturated carbocycles. The number of benzene rings is 2. The number of aliphatic imine (C=N–C) groups is 1. The second kappa shape index (κ2) is 39.5. The minimum absolute atomic E-state index is 0.273. The van der Waals surface area contributed by atoms with E-state index in [0.29, 0.717) is 27.1 Å². The van der Waals surface area contributed by atoms with Gasteiger partial charge in [-0.25, -0.2) is 61.2 Å². The molecular formula is C63H51B2Br3F4N16O6S7. The summed E-state index contributed by atoms with van der Waals surface area (Å²) in [6, 6.07) is 20.4. The van der Waals surface area contributed by atoms with Gasteiger partial charge in [0.2, 0.25) is 0 Å². The van der Waals surface area contributed by atoms with Crippen molar-refractivity contribution in [2.75, 3.05) is 27.8 Å². The molecule has 0 aliphatic carbocycles. The van der Waals surface area contributed by atoms with E-state index >= 15 is 0 Å². The zero-order valence-corrected chi connectivity index (χ0v) is 62.3. The SMILES string of the molecule is BrCCBr.C1=CC(c2nccs2)=NC1.C=Cn1ccc(-c2nccs2)n1.C=Cn1nc(-c2nccs2)cc1-c1ccc(NC(=O)c2c(F)cccc2F)s1.C=Cn1nc(-c2nccs2)cc1B(O)O.C=Cn1nc(-c2nccs2)cc1B(O)O.O=C(Nc1ccc(Br)s1)c1c(F)cccc1F. The summed E-state index contributed by atoms with van der Waals surface area (Å²) in [6.07, 6.45) is 20.5. The fraction of sp³-hybridized carbons (Fsp3) is 0.0476. The van der Waals surface area contributed by atoms with Crippen molar-refractivity contribution in [2.45, 2.75) is 0 Å². The van der Waals surface area contributed by atoms with Crippen LogP contribution in [-0.2, 0) is 0 Å². The summed E-state index contributed by atoms with van der Waals surface area (Å²) >= 11 is 19.7. The van der Waals surface area contributed by atoms with Crippen LogP contribution in [0.25, 0.3) is 78.2 Å². The molecule has 0 bridgehead atoms. The van der Waals surface area contributed by atoms with E-state index in [-0.39, 0.29) is 11.2 Å². The third kappa shape index (κ3) is 22.1. The first kappa shape index (κ1) is 78.0. The van der Waals surface area contributed by atoms with Gasteiger partial charge in [-0.15, -0.1) is 79.4 Å². The molecule has 6 N–H and O–H groups in total. The monoisotopic (exact) mass is 1690 g/mol. The normalized spacial score (nSPS) is 10.8. The van der Waals surface area contributed by atoms with Crippen LogP contribution in [0.3, 0.4) is 0 Å². The number of allylic oxidation sites excluding steroid dienone is 1. The molecule has 0 unspecified atom stereocenters. The van der Waals surface area contributed by atoms with Gasteiger partial charge in [-0.05, 0) is 94.8 Å². The van der Waals surface area contributed by atoms with Crippen LogP contribution in [0.1, 0.15) is 25.7 Å². The van der Waals surface area contributed by atoms with Crippen LogP contribution < -0.4 is 21.8 Å². The molecule has 101 heavy (non-hydrogen) atoms. The Kier molecular flexibility index (Phi) is 30.5. The van der Waals surface area contributed by atoms with E-state index in [0.717, 1.165) is 92.3 Å². The molecule has 14 rings (SSSR count). The average molecular weight is 1690 g/mol. The van der Waals surface area contributed by atoms with Gasteiger partial charge >= 0.3 is 14.2 Å². The highest BCUT2D eigenvalue weighted by atomic mass is 79.9. The molecule has 12 heterocycles.